The molecule has 118 valence electrons. The van der Waals surface area contributed by atoms with E-state index in [1.165, 1.54) is 7.11 Å². The second-order valence-corrected chi connectivity index (χ2v) is 4.63. The van der Waals surface area contributed by atoms with Gasteiger partial charge in [0.2, 0.25) is 5.91 Å². The lowest BCUT2D eigenvalue weighted by Gasteiger charge is -2.16. The minimum atomic E-state index is -0.844. The second kappa shape index (κ2) is 9.20. The van der Waals surface area contributed by atoms with Crippen LogP contribution < -0.4 is 20.1 Å². The highest BCUT2D eigenvalue weighted by Gasteiger charge is 2.15. The number of amides is 1. The van der Waals surface area contributed by atoms with Gasteiger partial charge in [0.1, 0.15) is 11.5 Å². The lowest BCUT2D eigenvalue weighted by Crippen LogP contribution is -2.29. The molecule has 0 aliphatic heterocycles. The van der Waals surface area contributed by atoms with Crippen LogP contribution in [0.15, 0.2) is 18.2 Å². The normalized spacial score (nSPS) is 11.8. The van der Waals surface area contributed by atoms with Gasteiger partial charge in [-0.25, -0.2) is 0 Å². The fraction of sp³-hybridized carbons (Fsp3) is 0.533. The van der Waals surface area contributed by atoms with Gasteiger partial charge in [-0.3, -0.25) is 4.79 Å². The molecule has 1 aromatic rings. The van der Waals surface area contributed by atoms with Crippen molar-refractivity contribution < 1.29 is 19.4 Å². The molecular weight excluding hydrogens is 272 g/mol. The minimum absolute atomic E-state index is 0.0776. The van der Waals surface area contributed by atoms with Gasteiger partial charge < -0.3 is 25.2 Å². The highest BCUT2D eigenvalue weighted by atomic mass is 16.5. The number of aliphatic hydroxyl groups is 1. The van der Waals surface area contributed by atoms with E-state index in [2.05, 4.69) is 10.6 Å². The van der Waals surface area contributed by atoms with Crippen molar-refractivity contribution >= 4 is 5.91 Å². The van der Waals surface area contributed by atoms with Crippen LogP contribution in [0.4, 0.5) is 0 Å². The van der Waals surface area contributed by atoms with Crippen LogP contribution in [0.1, 0.15) is 24.5 Å². The Morgan fingerprint density at radius 1 is 1.33 bits per heavy atom. The fourth-order valence-electron chi connectivity index (χ4n) is 1.93. The average molecular weight is 296 g/mol. The van der Waals surface area contributed by atoms with Crippen LogP contribution in [-0.4, -0.2) is 45.4 Å². The van der Waals surface area contributed by atoms with Gasteiger partial charge in [-0.05, 0) is 38.2 Å². The van der Waals surface area contributed by atoms with Gasteiger partial charge in [-0.15, -0.1) is 0 Å². The molecule has 6 heteroatoms. The summed E-state index contributed by atoms with van der Waals surface area (Å²) in [6.07, 6.45) is 0.354. The fourth-order valence-corrected chi connectivity index (χ4v) is 1.93. The van der Waals surface area contributed by atoms with E-state index >= 15 is 0 Å². The number of rotatable bonds is 9. The predicted octanol–water partition coefficient (Wildman–Crippen LogP) is 0.853. The highest BCUT2D eigenvalue weighted by molar-refractivity contribution is 5.75. The Bertz CT molecular complexity index is 451. The van der Waals surface area contributed by atoms with Gasteiger partial charge in [0.05, 0.1) is 20.3 Å². The zero-order chi connectivity index (χ0) is 15.7. The van der Waals surface area contributed by atoms with E-state index in [4.69, 9.17) is 9.47 Å². The Balaban J connectivity index is 2.58. The maximum Gasteiger partial charge on any atom is 0.220 e. The molecule has 0 bridgehead atoms. The third-order valence-electron chi connectivity index (χ3n) is 3.12. The molecular formula is C15H24N2O4. The predicted molar refractivity (Wildman–Crippen MR) is 80.7 cm³/mol. The summed E-state index contributed by atoms with van der Waals surface area (Å²) in [6, 6.07) is 5.19. The first-order valence-corrected chi connectivity index (χ1v) is 6.93. The van der Waals surface area contributed by atoms with Crippen LogP contribution in [-0.2, 0) is 4.79 Å². The number of benzene rings is 1. The number of hydrogen-bond donors (Lipinski definition) is 3. The molecule has 21 heavy (non-hydrogen) atoms. The Hall–Kier alpha value is -1.79. The molecule has 1 rings (SSSR count). The number of ether oxygens (including phenoxy) is 2. The van der Waals surface area contributed by atoms with E-state index in [9.17, 15) is 9.90 Å². The van der Waals surface area contributed by atoms with Gasteiger partial charge in [0.15, 0.2) is 0 Å². The minimum Gasteiger partial charge on any atom is -0.497 e. The molecule has 0 aliphatic rings. The Labute approximate surface area is 125 Å². The summed E-state index contributed by atoms with van der Waals surface area (Å²) in [5.41, 5.74) is 0.590. The van der Waals surface area contributed by atoms with Gasteiger partial charge in [0.25, 0.3) is 0 Å². The largest absolute Gasteiger partial charge is 0.497 e. The first kappa shape index (κ1) is 17.3. The Morgan fingerprint density at radius 2 is 2.10 bits per heavy atom. The Kier molecular flexibility index (Phi) is 7.56. The monoisotopic (exact) mass is 296 g/mol. The number of hydrogen-bond acceptors (Lipinski definition) is 5. The van der Waals surface area contributed by atoms with Crippen molar-refractivity contribution in [2.45, 2.75) is 18.9 Å². The van der Waals surface area contributed by atoms with Crippen molar-refractivity contribution in [3.8, 4) is 11.5 Å². The first-order chi connectivity index (χ1) is 10.1. The van der Waals surface area contributed by atoms with Crippen LogP contribution in [0.2, 0.25) is 0 Å². The number of carbonyl (C=O) groups is 1. The van der Waals surface area contributed by atoms with Crippen molar-refractivity contribution in [3.05, 3.63) is 23.8 Å². The van der Waals surface area contributed by atoms with Crippen molar-refractivity contribution in [2.75, 3.05) is 34.4 Å². The van der Waals surface area contributed by atoms with Gasteiger partial charge in [-0.2, -0.15) is 0 Å². The smallest absolute Gasteiger partial charge is 0.220 e. The molecule has 1 amide bonds. The van der Waals surface area contributed by atoms with Crippen LogP contribution in [0, 0.1) is 0 Å². The summed E-state index contributed by atoms with van der Waals surface area (Å²) >= 11 is 0. The molecule has 3 N–H and O–H groups in total. The number of carbonyl (C=O) groups excluding carboxylic acids is 1. The summed E-state index contributed by atoms with van der Waals surface area (Å²) in [5, 5.41) is 15.9. The van der Waals surface area contributed by atoms with E-state index in [1.54, 1.807) is 25.3 Å². The molecule has 0 fully saturated rings. The molecule has 0 saturated carbocycles. The van der Waals surface area contributed by atoms with Crippen LogP contribution >= 0.6 is 0 Å². The number of methoxy groups -OCH3 is 2. The molecule has 0 aromatic heterocycles. The zero-order valence-corrected chi connectivity index (χ0v) is 12.8. The zero-order valence-electron chi connectivity index (χ0n) is 12.8. The molecule has 1 atom stereocenters. The van der Waals surface area contributed by atoms with Crippen molar-refractivity contribution in [2.24, 2.45) is 0 Å². The maximum atomic E-state index is 11.6. The maximum absolute atomic E-state index is 11.6. The lowest BCUT2D eigenvalue weighted by molar-refractivity contribution is -0.121. The average Bonchev–Trinajstić information content (AvgIpc) is 2.52. The quantitative estimate of drug-likeness (QED) is 0.589. The number of aliphatic hydroxyl groups excluding tert-OH is 1. The van der Waals surface area contributed by atoms with Crippen LogP contribution in [0.5, 0.6) is 11.5 Å². The highest BCUT2D eigenvalue weighted by Crippen LogP contribution is 2.29. The van der Waals surface area contributed by atoms with Crippen LogP contribution in [0.25, 0.3) is 0 Å². The standard InChI is InChI=1S/C15H24N2O4/c1-16-8-4-5-15(19)17-10-13(18)12-9-11(20-2)6-7-14(12)21-3/h6-7,9,13,16,18H,4-5,8,10H2,1-3H3,(H,17,19). The van der Waals surface area contributed by atoms with E-state index in [0.29, 0.717) is 23.5 Å². The molecule has 0 saturated heterocycles. The van der Waals surface area contributed by atoms with Gasteiger partial charge in [0, 0.05) is 18.5 Å². The summed E-state index contributed by atoms with van der Waals surface area (Å²) in [7, 11) is 4.94. The molecule has 0 spiro atoms. The summed E-state index contributed by atoms with van der Waals surface area (Å²) in [6.45, 7) is 0.932. The summed E-state index contributed by atoms with van der Waals surface area (Å²) in [5.74, 6) is 1.11. The molecule has 0 radical (unpaired) electrons. The summed E-state index contributed by atoms with van der Waals surface area (Å²) in [4.78, 5) is 11.6. The van der Waals surface area contributed by atoms with Gasteiger partial charge >= 0.3 is 0 Å². The molecule has 0 heterocycles. The molecule has 0 aliphatic carbocycles. The van der Waals surface area contributed by atoms with Gasteiger partial charge in [-0.1, -0.05) is 0 Å². The van der Waals surface area contributed by atoms with Crippen molar-refractivity contribution in [1.29, 1.82) is 0 Å². The SMILES string of the molecule is CNCCCC(=O)NCC(O)c1cc(OC)ccc1OC. The van der Waals surface area contributed by atoms with E-state index in [1.807, 2.05) is 7.05 Å². The van der Waals surface area contributed by atoms with E-state index < -0.39 is 6.10 Å². The summed E-state index contributed by atoms with van der Waals surface area (Å²) < 4.78 is 10.4. The number of nitrogens with one attached hydrogen (secondary N) is 2. The van der Waals surface area contributed by atoms with Crippen molar-refractivity contribution in [3.63, 3.8) is 0 Å². The second-order valence-electron chi connectivity index (χ2n) is 4.63. The topological polar surface area (TPSA) is 79.8 Å². The van der Waals surface area contributed by atoms with Crippen molar-refractivity contribution in [1.82, 2.24) is 10.6 Å². The third-order valence-corrected chi connectivity index (χ3v) is 3.12. The lowest BCUT2D eigenvalue weighted by atomic mass is 10.1. The van der Waals surface area contributed by atoms with E-state index in [-0.39, 0.29) is 12.5 Å². The molecule has 6 nitrogen and oxygen atoms in total. The van der Waals surface area contributed by atoms with E-state index in [0.717, 1.165) is 13.0 Å². The Morgan fingerprint density at radius 3 is 2.71 bits per heavy atom. The van der Waals surface area contributed by atoms with Crippen LogP contribution in [0.3, 0.4) is 0 Å². The first-order valence-electron chi connectivity index (χ1n) is 6.93. The third kappa shape index (κ3) is 5.61. The molecule has 1 aromatic carbocycles. The molecule has 1 unspecified atom stereocenters.